The van der Waals surface area contributed by atoms with Crippen LogP contribution in [-0.4, -0.2) is 32.1 Å². The number of likely N-dealkylation sites (tertiary alicyclic amines) is 1. The minimum absolute atomic E-state index is 0.351. The summed E-state index contributed by atoms with van der Waals surface area (Å²) in [5.74, 6) is 0.920. The molecule has 1 saturated heterocycles. The Kier molecular flexibility index (Phi) is 2.99. The lowest BCUT2D eigenvalue weighted by Gasteiger charge is -2.25. The van der Waals surface area contributed by atoms with Crippen LogP contribution in [0.5, 0.6) is 0 Å². The molecule has 3 heterocycles. The number of hydrogen-bond donors (Lipinski definition) is 0. The fourth-order valence-electron chi connectivity index (χ4n) is 2.70. The monoisotopic (exact) mass is 264 g/mol. The molecule has 0 N–H and O–H groups in total. The van der Waals surface area contributed by atoms with Crippen LogP contribution in [0.15, 0.2) is 18.3 Å². The second-order valence-corrected chi connectivity index (χ2v) is 5.55. The lowest BCUT2D eigenvalue weighted by atomic mass is 10.2. The Hall–Kier alpha value is -1.13. The summed E-state index contributed by atoms with van der Waals surface area (Å²) in [6.45, 7) is 5.59. The van der Waals surface area contributed by atoms with E-state index in [1.165, 1.54) is 6.42 Å². The minimum atomic E-state index is 0.351. The van der Waals surface area contributed by atoms with Crippen molar-refractivity contribution in [2.75, 3.05) is 6.54 Å². The van der Waals surface area contributed by atoms with Gasteiger partial charge in [-0.2, -0.15) is 0 Å². The van der Waals surface area contributed by atoms with E-state index >= 15 is 0 Å². The second-order valence-electron chi connectivity index (χ2n) is 5.11. The molecular formula is C13H17ClN4. The number of pyridine rings is 1. The number of nitrogens with zero attached hydrogens (tertiary/aromatic N) is 4. The zero-order valence-electron chi connectivity index (χ0n) is 10.7. The highest BCUT2D eigenvalue weighted by molar-refractivity contribution is 6.30. The van der Waals surface area contributed by atoms with E-state index in [4.69, 9.17) is 11.6 Å². The van der Waals surface area contributed by atoms with Crippen molar-refractivity contribution >= 4 is 17.2 Å². The van der Waals surface area contributed by atoms with E-state index in [1.807, 2.05) is 18.3 Å². The molecule has 0 saturated carbocycles. The van der Waals surface area contributed by atoms with Crippen molar-refractivity contribution in [1.29, 1.82) is 0 Å². The third-order valence-electron chi connectivity index (χ3n) is 3.57. The Bertz CT molecular complexity index is 563. The summed E-state index contributed by atoms with van der Waals surface area (Å²) in [4.78, 5) is 7.09. The van der Waals surface area contributed by atoms with Crippen LogP contribution in [0.1, 0.15) is 38.6 Å². The fraction of sp³-hybridized carbons (Fsp3) is 0.538. The number of hydrogen-bond acceptors (Lipinski definition) is 3. The quantitative estimate of drug-likeness (QED) is 0.836. The van der Waals surface area contributed by atoms with Gasteiger partial charge in [-0.05, 0) is 45.4 Å². The molecule has 2 aromatic heterocycles. The number of rotatable bonds is 2. The molecule has 0 bridgehead atoms. The van der Waals surface area contributed by atoms with Crippen LogP contribution in [0, 0.1) is 0 Å². The van der Waals surface area contributed by atoms with Gasteiger partial charge in [-0.25, -0.2) is 9.50 Å². The van der Waals surface area contributed by atoms with Gasteiger partial charge >= 0.3 is 0 Å². The van der Waals surface area contributed by atoms with Crippen molar-refractivity contribution in [2.24, 2.45) is 0 Å². The largest absolute Gasteiger partial charge is 0.291 e. The number of fused-ring (bicyclic) bond motifs is 1. The maximum atomic E-state index is 5.97. The predicted molar refractivity (Wildman–Crippen MR) is 71.8 cm³/mol. The number of halogens is 1. The van der Waals surface area contributed by atoms with E-state index in [-0.39, 0.29) is 0 Å². The van der Waals surface area contributed by atoms with Crippen LogP contribution in [0.3, 0.4) is 0 Å². The molecule has 1 aliphatic heterocycles. The Morgan fingerprint density at radius 2 is 2.22 bits per heavy atom. The standard InChI is InChI=1S/C13H17ClN4/c1-9(2)17-7-3-4-11(17)13-15-12-6-5-10(14)8-18(12)16-13/h5-6,8-9,11H,3-4,7H2,1-2H3. The average Bonchev–Trinajstić information content (AvgIpc) is 2.93. The zero-order chi connectivity index (χ0) is 12.7. The van der Waals surface area contributed by atoms with Crippen LogP contribution < -0.4 is 0 Å². The van der Waals surface area contributed by atoms with Gasteiger partial charge < -0.3 is 0 Å². The van der Waals surface area contributed by atoms with E-state index in [1.54, 1.807) is 4.52 Å². The highest BCUT2D eigenvalue weighted by atomic mass is 35.5. The summed E-state index contributed by atoms with van der Waals surface area (Å²) < 4.78 is 1.77. The third-order valence-corrected chi connectivity index (χ3v) is 3.79. The Morgan fingerprint density at radius 1 is 1.39 bits per heavy atom. The lowest BCUT2D eigenvalue weighted by molar-refractivity contribution is 0.199. The van der Waals surface area contributed by atoms with E-state index in [0.29, 0.717) is 17.1 Å². The summed E-state index contributed by atoms with van der Waals surface area (Å²) in [6, 6.07) is 4.65. The predicted octanol–water partition coefficient (Wildman–Crippen LogP) is 2.93. The van der Waals surface area contributed by atoms with E-state index < -0.39 is 0 Å². The van der Waals surface area contributed by atoms with Crippen LogP contribution in [0.25, 0.3) is 5.65 Å². The highest BCUT2D eigenvalue weighted by Gasteiger charge is 2.30. The van der Waals surface area contributed by atoms with Crippen molar-refractivity contribution in [3.05, 3.63) is 29.2 Å². The molecule has 5 heteroatoms. The van der Waals surface area contributed by atoms with Gasteiger partial charge in [0.15, 0.2) is 11.5 Å². The molecule has 4 nitrogen and oxygen atoms in total. The Labute approximate surface area is 112 Å². The molecule has 2 aromatic rings. The molecule has 1 fully saturated rings. The first-order valence-electron chi connectivity index (χ1n) is 6.43. The first-order valence-corrected chi connectivity index (χ1v) is 6.80. The first kappa shape index (κ1) is 11.9. The molecule has 0 aromatic carbocycles. The van der Waals surface area contributed by atoms with Gasteiger partial charge in [0.05, 0.1) is 11.1 Å². The SMILES string of the molecule is CC(C)N1CCCC1c1nc2ccc(Cl)cn2n1. The molecule has 96 valence electrons. The molecule has 0 radical (unpaired) electrons. The Balaban J connectivity index is 1.98. The molecule has 0 amide bonds. The smallest absolute Gasteiger partial charge is 0.168 e. The van der Waals surface area contributed by atoms with Gasteiger partial charge in [0, 0.05) is 12.2 Å². The highest BCUT2D eigenvalue weighted by Crippen LogP contribution is 2.31. The molecule has 3 rings (SSSR count). The van der Waals surface area contributed by atoms with E-state index in [9.17, 15) is 0 Å². The molecule has 1 atom stereocenters. The normalized spacial score (nSPS) is 21.2. The molecule has 0 aliphatic carbocycles. The summed E-state index contributed by atoms with van der Waals surface area (Å²) >= 11 is 5.97. The summed E-state index contributed by atoms with van der Waals surface area (Å²) in [5, 5.41) is 5.25. The van der Waals surface area contributed by atoms with Crippen LogP contribution in [-0.2, 0) is 0 Å². The van der Waals surface area contributed by atoms with Gasteiger partial charge in [-0.1, -0.05) is 11.6 Å². The van der Waals surface area contributed by atoms with Gasteiger partial charge in [-0.15, -0.1) is 5.10 Å². The molecule has 18 heavy (non-hydrogen) atoms. The summed E-state index contributed by atoms with van der Waals surface area (Å²) in [7, 11) is 0. The topological polar surface area (TPSA) is 33.4 Å². The van der Waals surface area contributed by atoms with Crippen LogP contribution >= 0.6 is 11.6 Å². The Morgan fingerprint density at radius 3 is 3.00 bits per heavy atom. The van der Waals surface area contributed by atoms with Crippen molar-refractivity contribution in [3.8, 4) is 0 Å². The number of aromatic nitrogens is 3. The van der Waals surface area contributed by atoms with Gasteiger partial charge in [0.25, 0.3) is 0 Å². The van der Waals surface area contributed by atoms with E-state index in [2.05, 4.69) is 28.8 Å². The third kappa shape index (κ3) is 1.99. The maximum absolute atomic E-state index is 5.97. The maximum Gasteiger partial charge on any atom is 0.168 e. The average molecular weight is 265 g/mol. The van der Waals surface area contributed by atoms with Crippen LogP contribution in [0.2, 0.25) is 5.02 Å². The molecule has 1 aliphatic rings. The van der Waals surface area contributed by atoms with Gasteiger partial charge in [-0.3, -0.25) is 4.90 Å². The first-order chi connectivity index (χ1) is 8.65. The second kappa shape index (κ2) is 4.52. The fourth-order valence-corrected chi connectivity index (χ4v) is 2.86. The van der Waals surface area contributed by atoms with Crippen molar-refractivity contribution in [1.82, 2.24) is 19.5 Å². The minimum Gasteiger partial charge on any atom is -0.291 e. The lowest BCUT2D eigenvalue weighted by Crippen LogP contribution is -2.30. The van der Waals surface area contributed by atoms with Crippen molar-refractivity contribution in [2.45, 2.75) is 38.8 Å². The summed E-state index contributed by atoms with van der Waals surface area (Å²) in [6.07, 6.45) is 4.17. The molecular weight excluding hydrogens is 248 g/mol. The zero-order valence-corrected chi connectivity index (χ0v) is 11.4. The van der Waals surface area contributed by atoms with Gasteiger partial charge in [0.2, 0.25) is 0 Å². The molecule has 1 unspecified atom stereocenters. The molecule has 0 spiro atoms. The van der Waals surface area contributed by atoms with Crippen molar-refractivity contribution in [3.63, 3.8) is 0 Å². The van der Waals surface area contributed by atoms with E-state index in [0.717, 1.165) is 24.4 Å². The van der Waals surface area contributed by atoms with Crippen molar-refractivity contribution < 1.29 is 0 Å². The van der Waals surface area contributed by atoms with Crippen LogP contribution in [0.4, 0.5) is 0 Å². The summed E-state index contributed by atoms with van der Waals surface area (Å²) in [5.41, 5.74) is 0.866. The van der Waals surface area contributed by atoms with Gasteiger partial charge in [0.1, 0.15) is 0 Å².